The van der Waals surface area contributed by atoms with E-state index in [1.807, 2.05) is 0 Å². The van der Waals surface area contributed by atoms with Gasteiger partial charge in [-0.25, -0.2) is 0 Å². The lowest BCUT2D eigenvalue weighted by Gasteiger charge is -2.39. The lowest BCUT2D eigenvalue weighted by molar-refractivity contribution is -0.125. The van der Waals surface area contributed by atoms with E-state index in [1.54, 1.807) is 7.11 Å². The molecule has 1 aliphatic heterocycles. The van der Waals surface area contributed by atoms with Crippen molar-refractivity contribution in [1.82, 2.24) is 4.90 Å². The Morgan fingerprint density at radius 3 is 2.05 bits per heavy atom. The first-order valence-electron chi connectivity index (χ1n) is 8.29. The van der Waals surface area contributed by atoms with Crippen molar-refractivity contribution in [1.29, 1.82) is 0 Å². The number of ether oxygens (including phenoxy) is 4. The molecule has 0 spiro atoms. The minimum Gasteiger partial charge on any atom is -0.381 e. The molecule has 0 aromatic rings. The Bertz CT molecular complexity index is 309. The van der Waals surface area contributed by atoms with Crippen LogP contribution in [0.15, 0.2) is 0 Å². The zero-order valence-electron chi connectivity index (χ0n) is 13.3. The Labute approximate surface area is 127 Å². The van der Waals surface area contributed by atoms with Gasteiger partial charge in [-0.1, -0.05) is 0 Å². The maximum absolute atomic E-state index is 5.89. The molecule has 0 atom stereocenters. The molecule has 0 amide bonds. The van der Waals surface area contributed by atoms with Crippen LogP contribution in [-0.4, -0.2) is 76.4 Å². The number of hydrogen-bond donors (Lipinski definition) is 0. The van der Waals surface area contributed by atoms with Gasteiger partial charge in [-0.3, -0.25) is 0 Å². The van der Waals surface area contributed by atoms with Crippen molar-refractivity contribution in [2.75, 3.05) is 47.1 Å². The third-order valence-corrected chi connectivity index (χ3v) is 4.97. The van der Waals surface area contributed by atoms with Gasteiger partial charge in [0.05, 0.1) is 37.6 Å². The summed E-state index contributed by atoms with van der Waals surface area (Å²) in [6, 6.07) is 0. The summed E-state index contributed by atoms with van der Waals surface area (Å²) in [6.07, 6.45) is 6.15. The Morgan fingerprint density at radius 2 is 1.43 bits per heavy atom. The number of methoxy groups -OCH3 is 1. The quantitative estimate of drug-likeness (QED) is 0.600. The second kappa shape index (κ2) is 7.38. The first-order valence-corrected chi connectivity index (χ1v) is 8.29. The number of hydrogen-bond acceptors (Lipinski definition) is 5. The van der Waals surface area contributed by atoms with Gasteiger partial charge in [-0.15, -0.1) is 0 Å². The summed E-state index contributed by atoms with van der Waals surface area (Å²) in [5.74, 6) is 0.692. The lowest BCUT2D eigenvalue weighted by atomic mass is 9.82. The Hall–Kier alpha value is -0.200. The van der Waals surface area contributed by atoms with Gasteiger partial charge in [0.1, 0.15) is 0 Å². The Kier molecular flexibility index (Phi) is 5.51. The Morgan fingerprint density at radius 1 is 0.810 bits per heavy atom. The number of likely N-dealkylation sites (tertiary alicyclic amines) is 1. The molecule has 0 unspecified atom stereocenters. The molecule has 0 aromatic heterocycles. The SMILES string of the molecule is COC1CC(OCC2CC(OCCOC3CN(C)C3)C2)C1. The van der Waals surface area contributed by atoms with E-state index >= 15 is 0 Å². The minimum absolute atomic E-state index is 0.430. The fourth-order valence-electron chi connectivity index (χ4n) is 3.24. The van der Waals surface area contributed by atoms with Crippen molar-refractivity contribution < 1.29 is 18.9 Å². The lowest BCUT2D eigenvalue weighted by Crippen LogP contribution is -2.50. The molecule has 3 rings (SSSR count). The van der Waals surface area contributed by atoms with Crippen LogP contribution in [0.2, 0.25) is 0 Å². The van der Waals surface area contributed by atoms with Crippen LogP contribution in [0.5, 0.6) is 0 Å². The van der Waals surface area contributed by atoms with E-state index in [1.165, 1.54) is 0 Å². The van der Waals surface area contributed by atoms with Gasteiger partial charge in [-0.2, -0.15) is 0 Å². The number of rotatable bonds is 9. The normalized spacial score (nSPS) is 36.9. The maximum atomic E-state index is 5.89. The summed E-state index contributed by atoms with van der Waals surface area (Å²) in [5, 5.41) is 0. The van der Waals surface area contributed by atoms with Crippen molar-refractivity contribution in [2.45, 2.75) is 50.1 Å². The molecule has 122 valence electrons. The summed E-state index contributed by atoms with van der Waals surface area (Å²) in [5.41, 5.74) is 0. The van der Waals surface area contributed by atoms with Crippen molar-refractivity contribution in [3.8, 4) is 0 Å². The van der Waals surface area contributed by atoms with E-state index in [-0.39, 0.29) is 0 Å². The molecule has 1 saturated heterocycles. The van der Waals surface area contributed by atoms with Gasteiger partial charge in [0.2, 0.25) is 0 Å². The molecule has 21 heavy (non-hydrogen) atoms. The molecular weight excluding hydrogens is 270 g/mol. The fraction of sp³-hybridized carbons (Fsp3) is 1.00. The van der Waals surface area contributed by atoms with Gasteiger partial charge in [0.25, 0.3) is 0 Å². The summed E-state index contributed by atoms with van der Waals surface area (Å²) in [6.45, 7) is 4.49. The minimum atomic E-state index is 0.430. The van der Waals surface area contributed by atoms with Gasteiger partial charge >= 0.3 is 0 Å². The average molecular weight is 299 g/mol. The van der Waals surface area contributed by atoms with Crippen molar-refractivity contribution in [3.63, 3.8) is 0 Å². The van der Waals surface area contributed by atoms with Gasteiger partial charge < -0.3 is 23.8 Å². The summed E-state index contributed by atoms with van der Waals surface area (Å²) < 4.78 is 22.7. The van der Waals surface area contributed by atoms with E-state index in [0.29, 0.717) is 30.3 Å². The summed E-state index contributed by atoms with van der Waals surface area (Å²) in [4.78, 5) is 2.26. The third kappa shape index (κ3) is 4.39. The standard InChI is InChI=1S/C16H29NO4/c1-17-9-16(10-17)20-4-3-19-14-5-12(6-14)11-21-15-7-13(8-15)18-2/h12-16H,3-11H2,1-2H3. The first-order chi connectivity index (χ1) is 10.2. The zero-order valence-corrected chi connectivity index (χ0v) is 13.3. The molecule has 0 radical (unpaired) electrons. The van der Waals surface area contributed by atoms with Crippen LogP contribution in [0.4, 0.5) is 0 Å². The van der Waals surface area contributed by atoms with Gasteiger partial charge in [0.15, 0.2) is 0 Å². The molecule has 3 aliphatic rings. The number of likely N-dealkylation sites (N-methyl/N-ethyl adjacent to an activating group) is 1. The van der Waals surface area contributed by atoms with Crippen molar-refractivity contribution in [2.24, 2.45) is 5.92 Å². The second-order valence-electron chi connectivity index (χ2n) is 6.83. The third-order valence-electron chi connectivity index (χ3n) is 4.97. The van der Waals surface area contributed by atoms with Crippen LogP contribution in [0, 0.1) is 5.92 Å². The maximum Gasteiger partial charge on any atom is 0.0829 e. The molecule has 1 heterocycles. The van der Waals surface area contributed by atoms with Gasteiger partial charge in [0, 0.05) is 26.8 Å². The monoisotopic (exact) mass is 299 g/mol. The Balaban J connectivity index is 1.12. The van der Waals surface area contributed by atoms with Crippen molar-refractivity contribution >= 4 is 0 Å². The smallest absolute Gasteiger partial charge is 0.0829 e. The van der Waals surface area contributed by atoms with Crippen molar-refractivity contribution in [3.05, 3.63) is 0 Å². The zero-order chi connectivity index (χ0) is 14.7. The predicted molar refractivity (Wildman–Crippen MR) is 79.5 cm³/mol. The van der Waals surface area contributed by atoms with Gasteiger partial charge in [-0.05, 0) is 38.6 Å². The van der Waals surface area contributed by atoms with Crippen LogP contribution in [0.3, 0.4) is 0 Å². The molecule has 0 bridgehead atoms. The molecule has 2 aliphatic carbocycles. The van der Waals surface area contributed by atoms with Crippen LogP contribution < -0.4 is 0 Å². The second-order valence-corrected chi connectivity index (χ2v) is 6.83. The van der Waals surface area contributed by atoms with Crippen LogP contribution in [0.1, 0.15) is 25.7 Å². The van der Waals surface area contributed by atoms with E-state index in [4.69, 9.17) is 18.9 Å². The van der Waals surface area contributed by atoms with E-state index in [9.17, 15) is 0 Å². The highest BCUT2D eigenvalue weighted by molar-refractivity contribution is 4.84. The molecular formula is C16H29NO4. The molecule has 5 nitrogen and oxygen atoms in total. The number of nitrogens with zero attached hydrogens (tertiary/aromatic N) is 1. The van der Waals surface area contributed by atoms with E-state index in [2.05, 4.69) is 11.9 Å². The topological polar surface area (TPSA) is 40.2 Å². The largest absolute Gasteiger partial charge is 0.381 e. The molecule has 0 N–H and O–H groups in total. The van der Waals surface area contributed by atoms with E-state index in [0.717, 1.165) is 58.6 Å². The summed E-state index contributed by atoms with van der Waals surface area (Å²) >= 11 is 0. The predicted octanol–water partition coefficient (Wildman–Crippen LogP) is 1.31. The highest BCUT2D eigenvalue weighted by Gasteiger charge is 2.34. The highest BCUT2D eigenvalue weighted by atomic mass is 16.5. The average Bonchev–Trinajstić information content (AvgIpc) is 2.34. The van der Waals surface area contributed by atoms with Crippen LogP contribution in [0.25, 0.3) is 0 Å². The molecule has 2 saturated carbocycles. The molecule has 0 aromatic carbocycles. The molecule has 5 heteroatoms. The molecule has 3 fully saturated rings. The highest BCUT2D eigenvalue weighted by Crippen LogP contribution is 2.33. The van der Waals surface area contributed by atoms with Crippen LogP contribution >= 0.6 is 0 Å². The first kappa shape index (κ1) is 15.7. The fourth-order valence-corrected chi connectivity index (χ4v) is 3.24. The van der Waals surface area contributed by atoms with E-state index < -0.39 is 0 Å². The summed E-state index contributed by atoms with van der Waals surface area (Å²) in [7, 11) is 3.90. The van der Waals surface area contributed by atoms with Crippen LogP contribution in [-0.2, 0) is 18.9 Å².